The fourth-order valence-corrected chi connectivity index (χ4v) is 1.74. The van der Waals surface area contributed by atoms with Gasteiger partial charge in [0.2, 0.25) is 5.82 Å². The van der Waals surface area contributed by atoms with E-state index in [0.717, 1.165) is 5.69 Å². The van der Waals surface area contributed by atoms with Crippen molar-refractivity contribution in [2.24, 2.45) is 0 Å². The first-order valence-corrected chi connectivity index (χ1v) is 6.12. The molecule has 0 atom stereocenters. The maximum atomic E-state index is 13.0. The van der Waals surface area contributed by atoms with E-state index in [9.17, 15) is 4.39 Å². The van der Waals surface area contributed by atoms with E-state index in [0.29, 0.717) is 24.7 Å². The molecule has 6 nitrogen and oxygen atoms in total. The summed E-state index contributed by atoms with van der Waals surface area (Å²) in [4.78, 5) is 1.46. The van der Waals surface area contributed by atoms with Crippen LogP contribution in [-0.4, -0.2) is 26.8 Å². The number of halogens is 1. The molecule has 2 aromatic heterocycles. The van der Waals surface area contributed by atoms with Gasteiger partial charge >= 0.3 is 0 Å². The predicted octanol–water partition coefficient (Wildman–Crippen LogP) is 2.18. The zero-order valence-electron chi connectivity index (χ0n) is 10.5. The van der Waals surface area contributed by atoms with E-state index in [1.165, 1.54) is 16.9 Å². The zero-order chi connectivity index (χ0) is 13.8. The highest BCUT2D eigenvalue weighted by molar-refractivity contribution is 5.44. The molecule has 102 valence electrons. The second kappa shape index (κ2) is 5.52. The third kappa shape index (κ3) is 2.82. The Balaban J connectivity index is 1.57. The monoisotopic (exact) mass is 273 g/mol. The minimum atomic E-state index is -0.269. The lowest BCUT2D eigenvalue weighted by molar-refractivity contribution is 0.536. The number of anilines is 1. The van der Waals surface area contributed by atoms with Crippen molar-refractivity contribution in [3.8, 4) is 11.6 Å². The van der Waals surface area contributed by atoms with Crippen molar-refractivity contribution >= 4 is 5.69 Å². The van der Waals surface area contributed by atoms with Crippen LogP contribution in [0.4, 0.5) is 10.1 Å². The van der Waals surface area contributed by atoms with Gasteiger partial charge in [0.05, 0.1) is 12.8 Å². The quantitative estimate of drug-likeness (QED) is 0.771. The van der Waals surface area contributed by atoms with Crippen molar-refractivity contribution < 1.29 is 8.81 Å². The van der Waals surface area contributed by atoms with Crippen molar-refractivity contribution in [2.75, 3.05) is 11.9 Å². The number of hydrogen-bond donors (Lipinski definition) is 1. The van der Waals surface area contributed by atoms with Crippen molar-refractivity contribution in [3.05, 3.63) is 48.5 Å². The Morgan fingerprint density at radius 2 is 2.20 bits per heavy atom. The van der Waals surface area contributed by atoms with Crippen LogP contribution in [-0.2, 0) is 6.54 Å². The molecule has 7 heteroatoms. The van der Waals surface area contributed by atoms with Crippen LogP contribution in [0.2, 0.25) is 0 Å². The largest absolute Gasteiger partial charge is 0.461 e. The highest BCUT2D eigenvalue weighted by Gasteiger charge is 2.07. The molecule has 0 unspecified atom stereocenters. The van der Waals surface area contributed by atoms with Crippen molar-refractivity contribution in [3.63, 3.8) is 0 Å². The number of hydrogen-bond acceptors (Lipinski definition) is 5. The zero-order valence-corrected chi connectivity index (χ0v) is 10.5. The number of rotatable bonds is 5. The van der Waals surface area contributed by atoms with Crippen LogP contribution in [0.5, 0.6) is 0 Å². The van der Waals surface area contributed by atoms with Crippen LogP contribution in [0.15, 0.2) is 47.1 Å². The summed E-state index contributed by atoms with van der Waals surface area (Å²) >= 11 is 0. The van der Waals surface area contributed by atoms with E-state index < -0.39 is 0 Å². The van der Waals surface area contributed by atoms with Gasteiger partial charge in [0.15, 0.2) is 5.76 Å². The van der Waals surface area contributed by atoms with Crippen molar-refractivity contribution in [1.82, 2.24) is 20.2 Å². The molecular weight excluding hydrogens is 261 g/mol. The Morgan fingerprint density at radius 3 is 3.00 bits per heavy atom. The Kier molecular flexibility index (Phi) is 3.40. The van der Waals surface area contributed by atoms with Gasteiger partial charge in [-0.1, -0.05) is 6.07 Å². The second-order valence-electron chi connectivity index (χ2n) is 4.12. The second-order valence-corrected chi connectivity index (χ2v) is 4.12. The van der Waals surface area contributed by atoms with Crippen LogP contribution >= 0.6 is 0 Å². The summed E-state index contributed by atoms with van der Waals surface area (Å²) in [5.74, 6) is 0.754. The maximum Gasteiger partial charge on any atom is 0.240 e. The molecule has 0 spiro atoms. The van der Waals surface area contributed by atoms with Crippen LogP contribution < -0.4 is 5.32 Å². The van der Waals surface area contributed by atoms with Gasteiger partial charge in [-0.15, -0.1) is 10.2 Å². The summed E-state index contributed by atoms with van der Waals surface area (Å²) in [5, 5.41) is 15.1. The van der Waals surface area contributed by atoms with Crippen LogP contribution in [0, 0.1) is 5.82 Å². The third-order valence-electron chi connectivity index (χ3n) is 2.66. The van der Waals surface area contributed by atoms with Gasteiger partial charge in [-0.05, 0) is 35.5 Å². The first-order chi connectivity index (χ1) is 9.81. The van der Waals surface area contributed by atoms with Crippen LogP contribution in [0.3, 0.4) is 0 Å². The molecule has 1 aromatic carbocycles. The molecule has 0 fully saturated rings. The average Bonchev–Trinajstić information content (AvgIpc) is 3.09. The third-order valence-corrected chi connectivity index (χ3v) is 2.66. The summed E-state index contributed by atoms with van der Waals surface area (Å²) in [6, 6.07) is 9.82. The van der Waals surface area contributed by atoms with Crippen LogP contribution in [0.1, 0.15) is 0 Å². The fourth-order valence-electron chi connectivity index (χ4n) is 1.74. The molecule has 3 rings (SSSR count). The predicted molar refractivity (Wildman–Crippen MR) is 70.4 cm³/mol. The van der Waals surface area contributed by atoms with E-state index in [4.69, 9.17) is 4.42 Å². The SMILES string of the molecule is Fc1cccc(NCCn2nnc(-c3ccco3)n2)c1. The first kappa shape index (κ1) is 12.3. The number of tetrazole rings is 1. The Labute approximate surface area is 114 Å². The molecule has 0 saturated heterocycles. The average molecular weight is 273 g/mol. The number of nitrogens with zero attached hydrogens (tertiary/aromatic N) is 4. The maximum absolute atomic E-state index is 13.0. The molecule has 0 saturated carbocycles. The molecular formula is C13H12FN5O. The van der Waals surface area contributed by atoms with Gasteiger partial charge in [0.1, 0.15) is 5.82 Å². The van der Waals surface area contributed by atoms with Gasteiger partial charge in [0, 0.05) is 12.2 Å². The van der Waals surface area contributed by atoms with Gasteiger partial charge in [-0.25, -0.2) is 4.39 Å². The van der Waals surface area contributed by atoms with Crippen LogP contribution in [0.25, 0.3) is 11.6 Å². The minimum absolute atomic E-state index is 0.269. The molecule has 0 bridgehead atoms. The van der Waals surface area contributed by atoms with E-state index in [2.05, 4.69) is 20.7 Å². The standard InChI is InChI=1S/C13H12FN5O/c14-10-3-1-4-11(9-10)15-6-7-19-17-13(16-18-19)12-5-2-8-20-12/h1-5,8-9,15H,6-7H2. The van der Waals surface area contributed by atoms with E-state index in [-0.39, 0.29) is 5.82 Å². The van der Waals surface area contributed by atoms with Gasteiger partial charge < -0.3 is 9.73 Å². The fraction of sp³-hybridized carbons (Fsp3) is 0.154. The number of furan rings is 1. The van der Waals surface area contributed by atoms with E-state index in [1.54, 1.807) is 30.5 Å². The highest BCUT2D eigenvalue weighted by atomic mass is 19.1. The molecule has 0 aliphatic carbocycles. The van der Waals surface area contributed by atoms with Crippen molar-refractivity contribution in [1.29, 1.82) is 0 Å². The Morgan fingerprint density at radius 1 is 1.25 bits per heavy atom. The number of benzene rings is 1. The molecule has 0 amide bonds. The Hall–Kier alpha value is -2.70. The molecule has 20 heavy (non-hydrogen) atoms. The lowest BCUT2D eigenvalue weighted by Crippen LogP contribution is -2.13. The summed E-state index contributed by atoms with van der Waals surface area (Å²) in [6.07, 6.45) is 1.56. The van der Waals surface area contributed by atoms with Gasteiger partial charge in [-0.3, -0.25) is 0 Å². The van der Waals surface area contributed by atoms with Gasteiger partial charge in [0.25, 0.3) is 0 Å². The Bertz CT molecular complexity index is 680. The minimum Gasteiger partial charge on any atom is -0.461 e. The number of nitrogens with one attached hydrogen (secondary N) is 1. The van der Waals surface area contributed by atoms with Crippen molar-refractivity contribution in [2.45, 2.75) is 6.54 Å². The summed E-state index contributed by atoms with van der Waals surface area (Å²) in [6.45, 7) is 1.08. The summed E-state index contributed by atoms with van der Waals surface area (Å²) in [7, 11) is 0. The van der Waals surface area contributed by atoms with Gasteiger partial charge in [-0.2, -0.15) is 4.80 Å². The normalized spacial score (nSPS) is 10.7. The molecule has 1 N–H and O–H groups in total. The lowest BCUT2D eigenvalue weighted by atomic mass is 10.3. The number of aromatic nitrogens is 4. The smallest absolute Gasteiger partial charge is 0.240 e. The highest BCUT2D eigenvalue weighted by Crippen LogP contribution is 2.13. The first-order valence-electron chi connectivity index (χ1n) is 6.12. The van der Waals surface area contributed by atoms with E-state index >= 15 is 0 Å². The molecule has 3 aromatic rings. The molecule has 2 heterocycles. The molecule has 0 radical (unpaired) electrons. The topological polar surface area (TPSA) is 68.8 Å². The molecule has 0 aliphatic heterocycles. The summed E-state index contributed by atoms with van der Waals surface area (Å²) < 4.78 is 18.2. The summed E-state index contributed by atoms with van der Waals surface area (Å²) in [5.41, 5.74) is 0.719. The molecule has 0 aliphatic rings. The lowest BCUT2D eigenvalue weighted by Gasteiger charge is -2.04. The van der Waals surface area contributed by atoms with E-state index in [1.807, 2.05) is 0 Å².